The summed E-state index contributed by atoms with van der Waals surface area (Å²) in [6.07, 6.45) is 4.26. The first kappa shape index (κ1) is 15.9. The van der Waals surface area contributed by atoms with Gasteiger partial charge in [0.15, 0.2) is 0 Å². The average Bonchev–Trinajstić information content (AvgIpc) is 3.14. The van der Waals surface area contributed by atoms with Gasteiger partial charge < -0.3 is 5.32 Å². The van der Waals surface area contributed by atoms with Crippen LogP contribution in [0.25, 0.3) is 11.0 Å². The Labute approximate surface area is 149 Å². The van der Waals surface area contributed by atoms with Crippen LogP contribution in [0.2, 0.25) is 0 Å². The van der Waals surface area contributed by atoms with Gasteiger partial charge >= 0.3 is 0 Å². The molecule has 4 aromatic rings. The van der Waals surface area contributed by atoms with Crippen molar-refractivity contribution in [1.29, 1.82) is 0 Å². The zero-order valence-electron chi connectivity index (χ0n) is 13.9. The molecule has 0 atom stereocenters. The van der Waals surface area contributed by atoms with Crippen LogP contribution in [0.15, 0.2) is 67.0 Å². The second-order valence-corrected chi connectivity index (χ2v) is 5.81. The zero-order chi connectivity index (χ0) is 17.8. The van der Waals surface area contributed by atoms with E-state index in [1.165, 1.54) is 5.56 Å². The Bertz CT molecular complexity index is 1040. The topological polar surface area (TPSA) is 85.6 Å². The monoisotopic (exact) mass is 344 g/mol. The maximum atomic E-state index is 12.3. The van der Waals surface area contributed by atoms with Gasteiger partial charge in [0.25, 0.3) is 5.91 Å². The Morgan fingerprint density at radius 2 is 1.73 bits per heavy atom. The van der Waals surface area contributed by atoms with Crippen LogP contribution in [0.5, 0.6) is 0 Å². The van der Waals surface area contributed by atoms with Crippen LogP contribution in [0.1, 0.15) is 16.2 Å². The molecule has 1 amide bonds. The fourth-order valence-corrected chi connectivity index (χ4v) is 2.60. The molecule has 0 spiro atoms. The van der Waals surface area contributed by atoms with Crippen molar-refractivity contribution in [2.45, 2.75) is 13.0 Å². The van der Waals surface area contributed by atoms with E-state index in [2.05, 4.69) is 37.7 Å². The van der Waals surface area contributed by atoms with Gasteiger partial charge in [-0.3, -0.25) is 9.48 Å². The van der Waals surface area contributed by atoms with Crippen LogP contribution >= 0.6 is 0 Å². The van der Waals surface area contributed by atoms with Gasteiger partial charge in [-0.1, -0.05) is 42.5 Å². The summed E-state index contributed by atoms with van der Waals surface area (Å²) in [7, 11) is 0. The van der Waals surface area contributed by atoms with Gasteiger partial charge in [0.05, 0.1) is 17.4 Å². The van der Waals surface area contributed by atoms with E-state index in [0.717, 1.165) is 13.0 Å². The molecule has 0 fully saturated rings. The third-order valence-corrected chi connectivity index (χ3v) is 3.93. The molecule has 0 bridgehead atoms. The molecule has 0 unspecified atom stereocenters. The number of carbonyl (C=O) groups is 1. The van der Waals surface area contributed by atoms with Gasteiger partial charge in [-0.05, 0) is 24.1 Å². The first-order valence-corrected chi connectivity index (χ1v) is 8.25. The molecule has 4 rings (SSSR count). The standard InChI is InChI=1S/C19H16N6O/c26-19(18-22-16-8-4-5-9-17(16)23-24-18)21-15-12-20-25(13-15)11-10-14-6-2-1-3-7-14/h1-9,12-13H,10-11H2,(H,21,26). The first-order chi connectivity index (χ1) is 12.8. The Morgan fingerprint density at radius 1 is 0.962 bits per heavy atom. The maximum Gasteiger partial charge on any atom is 0.295 e. The maximum absolute atomic E-state index is 12.3. The minimum absolute atomic E-state index is 0.0285. The van der Waals surface area contributed by atoms with E-state index in [0.29, 0.717) is 16.7 Å². The first-order valence-electron chi connectivity index (χ1n) is 8.25. The lowest BCUT2D eigenvalue weighted by Gasteiger charge is -2.02. The van der Waals surface area contributed by atoms with Gasteiger partial charge in [0.2, 0.25) is 5.82 Å². The van der Waals surface area contributed by atoms with Gasteiger partial charge in [0.1, 0.15) is 5.52 Å². The molecular weight excluding hydrogens is 328 g/mol. The molecule has 1 N–H and O–H groups in total. The fraction of sp³-hybridized carbons (Fsp3) is 0.105. The summed E-state index contributed by atoms with van der Waals surface area (Å²) in [6, 6.07) is 17.5. The summed E-state index contributed by atoms with van der Waals surface area (Å²) in [5.74, 6) is -0.383. The van der Waals surface area contributed by atoms with E-state index in [9.17, 15) is 4.79 Å². The number of rotatable bonds is 5. The number of anilines is 1. The predicted octanol–water partition coefficient (Wildman–Crippen LogP) is 2.72. The van der Waals surface area contributed by atoms with Crippen molar-refractivity contribution in [2.75, 3.05) is 5.32 Å². The van der Waals surface area contributed by atoms with E-state index < -0.39 is 5.91 Å². The van der Waals surface area contributed by atoms with Crippen molar-refractivity contribution in [1.82, 2.24) is 25.0 Å². The molecule has 128 valence electrons. The number of hydrogen-bond acceptors (Lipinski definition) is 5. The zero-order valence-corrected chi connectivity index (χ0v) is 13.9. The highest BCUT2D eigenvalue weighted by Crippen LogP contribution is 2.10. The van der Waals surface area contributed by atoms with Gasteiger partial charge in [-0.15, -0.1) is 10.2 Å². The second kappa shape index (κ2) is 7.10. The molecule has 0 aliphatic rings. The van der Waals surface area contributed by atoms with E-state index >= 15 is 0 Å². The summed E-state index contributed by atoms with van der Waals surface area (Å²) in [4.78, 5) is 16.6. The number of amides is 1. The van der Waals surface area contributed by atoms with Crippen molar-refractivity contribution >= 4 is 22.6 Å². The highest BCUT2D eigenvalue weighted by Gasteiger charge is 2.12. The van der Waals surface area contributed by atoms with Crippen LogP contribution in [0.4, 0.5) is 5.69 Å². The molecule has 0 radical (unpaired) electrons. The number of nitrogens with one attached hydrogen (secondary N) is 1. The molecule has 0 aliphatic carbocycles. The van der Waals surface area contributed by atoms with Gasteiger partial charge in [-0.2, -0.15) is 5.10 Å². The molecule has 0 aliphatic heterocycles. The SMILES string of the molecule is O=C(Nc1cnn(CCc2ccccc2)c1)c1nnc2ccccc2n1. The molecule has 7 nitrogen and oxygen atoms in total. The smallest absolute Gasteiger partial charge is 0.295 e. The molecule has 7 heteroatoms. The molecule has 2 heterocycles. The quantitative estimate of drug-likeness (QED) is 0.602. The molecular formula is C19H16N6O. The molecule has 2 aromatic heterocycles. The largest absolute Gasteiger partial charge is 0.316 e. The van der Waals surface area contributed by atoms with Crippen molar-refractivity contribution in [3.05, 3.63) is 78.4 Å². The van der Waals surface area contributed by atoms with E-state index in [4.69, 9.17) is 0 Å². The number of aromatic nitrogens is 5. The van der Waals surface area contributed by atoms with Crippen molar-refractivity contribution in [3.8, 4) is 0 Å². The lowest BCUT2D eigenvalue weighted by atomic mass is 10.1. The average molecular weight is 344 g/mol. The number of benzene rings is 2. The summed E-state index contributed by atoms with van der Waals surface area (Å²) >= 11 is 0. The summed E-state index contributed by atoms with van der Waals surface area (Å²) < 4.78 is 1.79. The molecule has 2 aromatic carbocycles. The lowest BCUT2D eigenvalue weighted by molar-refractivity contribution is 0.101. The Hall–Kier alpha value is -3.61. The Kier molecular flexibility index (Phi) is 4.34. The van der Waals surface area contributed by atoms with Crippen molar-refractivity contribution < 1.29 is 4.79 Å². The number of nitrogens with zero attached hydrogens (tertiary/aromatic N) is 5. The highest BCUT2D eigenvalue weighted by molar-refractivity contribution is 6.01. The summed E-state index contributed by atoms with van der Waals surface area (Å²) in [5.41, 5.74) is 3.12. The fourth-order valence-electron chi connectivity index (χ4n) is 2.60. The minimum atomic E-state index is -0.411. The number of para-hydroxylation sites is 1. The van der Waals surface area contributed by atoms with Crippen LogP contribution in [0.3, 0.4) is 0 Å². The minimum Gasteiger partial charge on any atom is -0.316 e. The highest BCUT2D eigenvalue weighted by atomic mass is 16.2. The van der Waals surface area contributed by atoms with Crippen LogP contribution < -0.4 is 5.32 Å². The second-order valence-electron chi connectivity index (χ2n) is 5.81. The van der Waals surface area contributed by atoms with Crippen LogP contribution in [-0.4, -0.2) is 30.9 Å². The molecule has 26 heavy (non-hydrogen) atoms. The third-order valence-electron chi connectivity index (χ3n) is 3.93. The molecule has 0 saturated heterocycles. The van der Waals surface area contributed by atoms with E-state index in [1.807, 2.05) is 30.3 Å². The number of fused-ring (bicyclic) bond motifs is 1. The van der Waals surface area contributed by atoms with Crippen LogP contribution in [-0.2, 0) is 13.0 Å². The normalized spacial score (nSPS) is 10.8. The van der Waals surface area contributed by atoms with E-state index in [-0.39, 0.29) is 5.82 Å². The van der Waals surface area contributed by atoms with Crippen LogP contribution in [0, 0.1) is 0 Å². The Morgan fingerprint density at radius 3 is 2.58 bits per heavy atom. The predicted molar refractivity (Wildman–Crippen MR) is 97.7 cm³/mol. The number of aryl methyl sites for hydroxylation is 2. The van der Waals surface area contributed by atoms with Gasteiger partial charge in [0, 0.05) is 12.7 Å². The third kappa shape index (κ3) is 3.56. The Balaban J connectivity index is 1.42. The van der Waals surface area contributed by atoms with Gasteiger partial charge in [-0.25, -0.2) is 4.98 Å². The summed E-state index contributed by atoms with van der Waals surface area (Å²) in [5, 5.41) is 14.9. The van der Waals surface area contributed by atoms with E-state index in [1.54, 1.807) is 29.2 Å². The number of carbonyl (C=O) groups excluding carboxylic acids is 1. The molecule has 0 saturated carbocycles. The van der Waals surface area contributed by atoms with Crippen molar-refractivity contribution in [2.24, 2.45) is 0 Å². The lowest BCUT2D eigenvalue weighted by Crippen LogP contribution is -2.16. The van der Waals surface area contributed by atoms with Crippen molar-refractivity contribution in [3.63, 3.8) is 0 Å². The number of hydrogen-bond donors (Lipinski definition) is 1. The summed E-state index contributed by atoms with van der Waals surface area (Å²) in [6.45, 7) is 0.730.